The molecule has 0 bridgehead atoms. The average Bonchev–Trinajstić information content (AvgIpc) is 2.12. The van der Waals surface area contributed by atoms with Gasteiger partial charge in [-0.2, -0.15) is 0 Å². The Kier molecular flexibility index (Phi) is 1.26. The van der Waals surface area contributed by atoms with Crippen LogP contribution in [0, 0.1) is 0 Å². The number of allylic oxidation sites excluding steroid dienone is 1. The average molecular weight is 138 g/mol. The second-order valence-corrected chi connectivity index (χ2v) is 2.82. The van der Waals surface area contributed by atoms with Crippen LogP contribution in [-0.4, -0.2) is 12.6 Å². The summed E-state index contributed by atoms with van der Waals surface area (Å²) in [6.45, 7) is 0.609. The molecule has 2 nitrogen and oxygen atoms in total. The summed E-state index contributed by atoms with van der Waals surface area (Å²) in [5, 5.41) is 0. The summed E-state index contributed by atoms with van der Waals surface area (Å²) < 4.78 is 4.83. The Morgan fingerprint density at radius 3 is 2.40 bits per heavy atom. The van der Waals surface area contributed by atoms with Crippen LogP contribution in [0.5, 0.6) is 0 Å². The Bertz CT molecular complexity index is 197. The number of carbonyl (C=O) groups is 1. The zero-order valence-electron chi connectivity index (χ0n) is 5.85. The molecule has 1 saturated carbocycles. The number of cyclic esters (lactones) is 1. The first kappa shape index (κ1) is 5.96. The summed E-state index contributed by atoms with van der Waals surface area (Å²) in [5.41, 5.74) is 2.33. The fourth-order valence-electron chi connectivity index (χ4n) is 1.41. The van der Waals surface area contributed by atoms with Gasteiger partial charge in [0, 0.05) is 12.0 Å². The van der Waals surface area contributed by atoms with E-state index in [1.165, 1.54) is 12.0 Å². The van der Waals surface area contributed by atoms with Crippen molar-refractivity contribution in [2.75, 3.05) is 6.61 Å². The molecule has 0 amide bonds. The van der Waals surface area contributed by atoms with Gasteiger partial charge in [-0.15, -0.1) is 0 Å². The third-order valence-electron chi connectivity index (χ3n) is 2.22. The van der Waals surface area contributed by atoms with Crippen molar-refractivity contribution in [2.45, 2.75) is 25.7 Å². The molecular weight excluding hydrogens is 128 g/mol. The van der Waals surface area contributed by atoms with Crippen molar-refractivity contribution in [3.05, 3.63) is 11.1 Å². The highest BCUT2D eigenvalue weighted by Gasteiger charge is 2.25. The molecule has 2 heteroatoms. The summed E-state index contributed by atoms with van der Waals surface area (Å²) in [7, 11) is 0. The first-order chi connectivity index (χ1) is 4.88. The second-order valence-electron chi connectivity index (χ2n) is 2.82. The van der Waals surface area contributed by atoms with Crippen LogP contribution in [-0.2, 0) is 9.53 Å². The largest absolute Gasteiger partial charge is 0.462 e. The van der Waals surface area contributed by atoms with Crippen molar-refractivity contribution in [1.82, 2.24) is 0 Å². The van der Waals surface area contributed by atoms with E-state index in [1.54, 1.807) is 0 Å². The first-order valence-corrected chi connectivity index (χ1v) is 3.76. The van der Waals surface area contributed by atoms with Crippen LogP contribution in [0.2, 0.25) is 0 Å². The van der Waals surface area contributed by atoms with Gasteiger partial charge in [0.25, 0.3) is 0 Å². The molecule has 0 spiro atoms. The van der Waals surface area contributed by atoms with Crippen LogP contribution in [0.15, 0.2) is 11.1 Å². The van der Waals surface area contributed by atoms with E-state index >= 15 is 0 Å². The summed E-state index contributed by atoms with van der Waals surface area (Å²) in [6.07, 6.45) is 4.37. The Morgan fingerprint density at radius 1 is 1.20 bits per heavy atom. The van der Waals surface area contributed by atoms with Crippen LogP contribution in [0.4, 0.5) is 0 Å². The minimum absolute atomic E-state index is 0.0605. The maximum atomic E-state index is 10.9. The fourth-order valence-corrected chi connectivity index (χ4v) is 1.41. The van der Waals surface area contributed by atoms with Crippen LogP contribution in [0.25, 0.3) is 0 Å². The van der Waals surface area contributed by atoms with Gasteiger partial charge in [-0.25, -0.2) is 4.79 Å². The van der Waals surface area contributed by atoms with Crippen LogP contribution < -0.4 is 0 Å². The predicted molar refractivity (Wildman–Crippen MR) is 36.5 cm³/mol. The van der Waals surface area contributed by atoms with E-state index in [4.69, 9.17) is 4.74 Å². The molecule has 1 saturated heterocycles. The van der Waals surface area contributed by atoms with Crippen molar-refractivity contribution in [1.29, 1.82) is 0 Å². The summed E-state index contributed by atoms with van der Waals surface area (Å²) in [6, 6.07) is 0. The lowest BCUT2D eigenvalue weighted by Crippen LogP contribution is -2.05. The lowest BCUT2D eigenvalue weighted by atomic mass is 9.87. The molecule has 1 heterocycles. The monoisotopic (exact) mass is 138 g/mol. The molecule has 0 aromatic heterocycles. The fraction of sp³-hybridized carbons (Fsp3) is 0.625. The molecular formula is C8H10O2. The Hall–Kier alpha value is -0.790. The van der Waals surface area contributed by atoms with E-state index in [-0.39, 0.29) is 5.97 Å². The van der Waals surface area contributed by atoms with E-state index in [2.05, 4.69) is 0 Å². The van der Waals surface area contributed by atoms with Gasteiger partial charge in [0.1, 0.15) is 0 Å². The van der Waals surface area contributed by atoms with Gasteiger partial charge in [-0.1, -0.05) is 5.57 Å². The number of ether oxygens (including phenoxy) is 1. The number of rotatable bonds is 0. The first-order valence-electron chi connectivity index (χ1n) is 3.76. The van der Waals surface area contributed by atoms with E-state index in [0.717, 1.165) is 24.8 Å². The molecule has 54 valence electrons. The topological polar surface area (TPSA) is 26.3 Å². The zero-order chi connectivity index (χ0) is 6.97. The normalized spacial score (nSPS) is 24.6. The summed E-state index contributed by atoms with van der Waals surface area (Å²) in [4.78, 5) is 10.9. The quantitative estimate of drug-likeness (QED) is 0.373. The van der Waals surface area contributed by atoms with Gasteiger partial charge < -0.3 is 4.74 Å². The van der Waals surface area contributed by atoms with Gasteiger partial charge >= 0.3 is 5.97 Å². The van der Waals surface area contributed by atoms with Crippen molar-refractivity contribution in [2.24, 2.45) is 0 Å². The Balaban J connectivity index is 2.22. The van der Waals surface area contributed by atoms with Crippen molar-refractivity contribution >= 4 is 5.97 Å². The number of hydrogen-bond donors (Lipinski definition) is 0. The van der Waals surface area contributed by atoms with Crippen molar-refractivity contribution in [3.63, 3.8) is 0 Å². The molecule has 0 aromatic carbocycles. The third kappa shape index (κ3) is 0.753. The lowest BCUT2D eigenvalue weighted by Gasteiger charge is -2.17. The highest BCUT2D eigenvalue weighted by molar-refractivity contribution is 5.91. The smallest absolute Gasteiger partial charge is 0.334 e. The number of hydrogen-bond acceptors (Lipinski definition) is 2. The highest BCUT2D eigenvalue weighted by atomic mass is 16.5. The molecule has 0 unspecified atom stereocenters. The van der Waals surface area contributed by atoms with Gasteiger partial charge in [-0.3, -0.25) is 0 Å². The molecule has 0 radical (unpaired) electrons. The molecule has 2 rings (SSSR count). The molecule has 2 aliphatic rings. The van der Waals surface area contributed by atoms with Crippen LogP contribution in [0.1, 0.15) is 25.7 Å². The number of esters is 1. The standard InChI is InChI=1S/C8H10O2/c9-8-7(4-5-10-8)6-2-1-3-6/h1-5H2. The molecule has 0 atom stereocenters. The lowest BCUT2D eigenvalue weighted by molar-refractivity contribution is -0.135. The summed E-state index contributed by atoms with van der Waals surface area (Å²) >= 11 is 0. The van der Waals surface area contributed by atoms with E-state index in [1.807, 2.05) is 0 Å². The van der Waals surface area contributed by atoms with Gasteiger partial charge in [-0.05, 0) is 19.3 Å². The van der Waals surface area contributed by atoms with Crippen molar-refractivity contribution in [3.8, 4) is 0 Å². The molecule has 10 heavy (non-hydrogen) atoms. The molecule has 0 N–H and O–H groups in total. The van der Waals surface area contributed by atoms with Gasteiger partial charge in [0.15, 0.2) is 0 Å². The van der Waals surface area contributed by atoms with E-state index in [9.17, 15) is 4.79 Å². The van der Waals surface area contributed by atoms with Crippen molar-refractivity contribution < 1.29 is 9.53 Å². The maximum absolute atomic E-state index is 10.9. The third-order valence-corrected chi connectivity index (χ3v) is 2.22. The summed E-state index contributed by atoms with van der Waals surface area (Å²) in [5.74, 6) is -0.0605. The Morgan fingerprint density at radius 2 is 2.00 bits per heavy atom. The van der Waals surface area contributed by atoms with Gasteiger partial charge in [0.05, 0.1) is 6.61 Å². The molecule has 1 aliphatic carbocycles. The molecule has 0 aromatic rings. The minimum atomic E-state index is -0.0605. The van der Waals surface area contributed by atoms with Crippen LogP contribution >= 0.6 is 0 Å². The predicted octanol–water partition coefficient (Wildman–Crippen LogP) is 1.41. The van der Waals surface area contributed by atoms with Crippen LogP contribution in [0.3, 0.4) is 0 Å². The minimum Gasteiger partial charge on any atom is -0.462 e. The highest BCUT2D eigenvalue weighted by Crippen LogP contribution is 2.32. The maximum Gasteiger partial charge on any atom is 0.334 e. The van der Waals surface area contributed by atoms with Gasteiger partial charge in [0.2, 0.25) is 0 Å². The SMILES string of the molecule is O=C1OCCC1=C1CCC1. The zero-order valence-corrected chi connectivity index (χ0v) is 5.85. The molecule has 1 aliphatic heterocycles. The van der Waals surface area contributed by atoms with E-state index in [0.29, 0.717) is 6.61 Å². The van der Waals surface area contributed by atoms with E-state index < -0.39 is 0 Å². The second kappa shape index (κ2) is 2.11. The Labute approximate surface area is 59.9 Å². The molecule has 2 fully saturated rings. The number of carbonyl (C=O) groups excluding carboxylic acids is 1.